The summed E-state index contributed by atoms with van der Waals surface area (Å²) in [6.45, 7) is 0.932. The first-order valence-electron chi connectivity index (χ1n) is 8.47. The molecule has 0 saturated carbocycles. The third kappa shape index (κ3) is 3.99. The first kappa shape index (κ1) is 19.0. The lowest BCUT2D eigenvalue weighted by molar-refractivity contribution is 0.0759. The number of nitriles is 1. The molecule has 0 N–H and O–H groups in total. The van der Waals surface area contributed by atoms with E-state index >= 15 is 0 Å². The Labute approximate surface area is 157 Å². The van der Waals surface area contributed by atoms with Gasteiger partial charge in [0, 0.05) is 26.2 Å². The number of hydrogen-bond acceptors (Lipinski definition) is 4. The summed E-state index contributed by atoms with van der Waals surface area (Å²) in [4.78, 5) is 14.1. The van der Waals surface area contributed by atoms with Crippen LogP contribution in [0, 0.1) is 17.1 Å². The van der Waals surface area contributed by atoms with Gasteiger partial charge >= 0.3 is 0 Å². The van der Waals surface area contributed by atoms with Crippen molar-refractivity contribution in [1.29, 1.82) is 5.26 Å². The van der Waals surface area contributed by atoms with Gasteiger partial charge in [0.15, 0.2) is 0 Å². The van der Waals surface area contributed by atoms with Gasteiger partial charge in [-0.05, 0) is 42.8 Å². The number of nitrogens with zero attached hydrogens (tertiary/aromatic N) is 3. The lowest BCUT2D eigenvalue weighted by Gasteiger charge is -2.22. The molecule has 2 aromatic rings. The second-order valence-electron chi connectivity index (χ2n) is 6.17. The molecule has 27 heavy (non-hydrogen) atoms. The minimum atomic E-state index is -3.72. The van der Waals surface area contributed by atoms with Crippen molar-refractivity contribution in [3.8, 4) is 6.07 Å². The van der Waals surface area contributed by atoms with Crippen molar-refractivity contribution >= 4 is 15.9 Å². The second-order valence-corrected chi connectivity index (χ2v) is 8.10. The molecular formula is C19H18FN3O3S. The van der Waals surface area contributed by atoms with Gasteiger partial charge in [-0.25, -0.2) is 12.8 Å². The van der Waals surface area contributed by atoms with Crippen molar-refractivity contribution in [3.05, 3.63) is 65.5 Å². The summed E-state index contributed by atoms with van der Waals surface area (Å²) >= 11 is 0. The van der Waals surface area contributed by atoms with E-state index in [1.54, 1.807) is 6.07 Å². The lowest BCUT2D eigenvalue weighted by atomic mass is 10.2. The van der Waals surface area contributed by atoms with Gasteiger partial charge in [0.1, 0.15) is 5.82 Å². The fourth-order valence-corrected chi connectivity index (χ4v) is 4.46. The van der Waals surface area contributed by atoms with Crippen LogP contribution in [0.25, 0.3) is 0 Å². The van der Waals surface area contributed by atoms with Gasteiger partial charge in [0.2, 0.25) is 10.0 Å². The summed E-state index contributed by atoms with van der Waals surface area (Å²) in [5.74, 6) is -1.03. The molecule has 0 bridgehead atoms. The van der Waals surface area contributed by atoms with Crippen LogP contribution in [0.15, 0.2) is 53.4 Å². The minimum absolute atomic E-state index is 0.0131. The molecule has 8 heteroatoms. The highest BCUT2D eigenvalue weighted by Crippen LogP contribution is 2.19. The number of halogens is 1. The highest BCUT2D eigenvalue weighted by atomic mass is 32.2. The van der Waals surface area contributed by atoms with Crippen LogP contribution >= 0.6 is 0 Å². The number of benzene rings is 2. The molecule has 1 saturated heterocycles. The summed E-state index contributed by atoms with van der Waals surface area (Å²) in [5, 5.41) is 8.84. The Hall–Kier alpha value is -2.76. The largest absolute Gasteiger partial charge is 0.337 e. The first-order chi connectivity index (χ1) is 12.9. The van der Waals surface area contributed by atoms with Gasteiger partial charge in [-0.2, -0.15) is 9.57 Å². The molecule has 0 aliphatic carbocycles. The van der Waals surface area contributed by atoms with E-state index in [0.29, 0.717) is 18.5 Å². The molecular weight excluding hydrogens is 369 g/mol. The normalized spacial score (nSPS) is 15.8. The van der Waals surface area contributed by atoms with Gasteiger partial charge in [-0.1, -0.05) is 12.1 Å². The Morgan fingerprint density at radius 1 is 1.00 bits per heavy atom. The van der Waals surface area contributed by atoms with Gasteiger partial charge < -0.3 is 4.90 Å². The lowest BCUT2D eigenvalue weighted by Crippen LogP contribution is -2.37. The Balaban J connectivity index is 1.75. The fourth-order valence-electron chi connectivity index (χ4n) is 2.99. The van der Waals surface area contributed by atoms with E-state index in [4.69, 9.17) is 5.26 Å². The predicted octanol–water partition coefficient (Wildman–Crippen LogP) is 2.23. The van der Waals surface area contributed by atoms with Crippen molar-refractivity contribution in [3.63, 3.8) is 0 Å². The molecule has 2 aromatic carbocycles. The second kappa shape index (κ2) is 7.86. The van der Waals surface area contributed by atoms with Crippen molar-refractivity contribution in [2.45, 2.75) is 11.3 Å². The molecule has 0 radical (unpaired) electrons. The van der Waals surface area contributed by atoms with Crippen molar-refractivity contribution < 1.29 is 17.6 Å². The minimum Gasteiger partial charge on any atom is -0.337 e. The Kier molecular flexibility index (Phi) is 5.54. The Bertz CT molecular complexity index is 984. The zero-order valence-corrected chi connectivity index (χ0v) is 15.3. The number of hydrogen-bond donors (Lipinski definition) is 0. The van der Waals surface area contributed by atoms with Gasteiger partial charge in [0.05, 0.1) is 22.1 Å². The first-order valence-corrected chi connectivity index (χ1v) is 9.91. The predicted molar refractivity (Wildman–Crippen MR) is 96.8 cm³/mol. The smallest absolute Gasteiger partial charge is 0.256 e. The van der Waals surface area contributed by atoms with Crippen LogP contribution in [0.4, 0.5) is 4.39 Å². The maximum atomic E-state index is 13.9. The number of amides is 1. The number of carbonyl (C=O) groups is 1. The molecule has 0 atom stereocenters. The van der Waals surface area contributed by atoms with Gasteiger partial charge in [-0.15, -0.1) is 0 Å². The topological polar surface area (TPSA) is 81.5 Å². The fraction of sp³-hybridized carbons (Fsp3) is 0.263. The van der Waals surface area contributed by atoms with Crippen LogP contribution < -0.4 is 0 Å². The molecule has 1 fully saturated rings. The molecule has 3 rings (SSSR count). The van der Waals surface area contributed by atoms with E-state index in [1.807, 2.05) is 6.07 Å². The zero-order valence-electron chi connectivity index (χ0n) is 14.5. The maximum Gasteiger partial charge on any atom is 0.256 e. The van der Waals surface area contributed by atoms with E-state index < -0.39 is 21.7 Å². The average Bonchev–Trinajstić information content (AvgIpc) is 2.95. The molecule has 0 aromatic heterocycles. The van der Waals surface area contributed by atoms with Crippen LogP contribution in [0.5, 0.6) is 0 Å². The van der Waals surface area contributed by atoms with Gasteiger partial charge in [0.25, 0.3) is 5.91 Å². The Morgan fingerprint density at radius 2 is 1.70 bits per heavy atom. The highest BCUT2D eigenvalue weighted by molar-refractivity contribution is 7.89. The summed E-state index contributed by atoms with van der Waals surface area (Å²) in [7, 11) is -3.72. The SMILES string of the molecule is N#Cc1ccc(S(=O)(=O)N2CCCN(C(=O)c3ccccc3F)CC2)cc1. The molecule has 1 heterocycles. The monoisotopic (exact) mass is 387 g/mol. The zero-order chi connectivity index (χ0) is 19.4. The van der Waals surface area contributed by atoms with Crippen LogP contribution in [-0.2, 0) is 10.0 Å². The molecule has 1 aliphatic heterocycles. The number of sulfonamides is 1. The quantitative estimate of drug-likeness (QED) is 0.809. The van der Waals surface area contributed by atoms with E-state index in [1.165, 1.54) is 51.7 Å². The molecule has 0 unspecified atom stereocenters. The van der Waals surface area contributed by atoms with Crippen LogP contribution in [0.1, 0.15) is 22.3 Å². The van der Waals surface area contributed by atoms with Crippen molar-refractivity contribution in [2.24, 2.45) is 0 Å². The summed E-state index contributed by atoms with van der Waals surface area (Å²) < 4.78 is 40.8. The molecule has 6 nitrogen and oxygen atoms in total. The number of rotatable bonds is 3. The van der Waals surface area contributed by atoms with Crippen molar-refractivity contribution in [2.75, 3.05) is 26.2 Å². The maximum absolute atomic E-state index is 13.9. The standard InChI is InChI=1S/C19H18FN3O3S/c20-18-5-2-1-4-17(18)19(24)22-10-3-11-23(13-12-22)27(25,26)16-8-6-15(14-21)7-9-16/h1-2,4-9H,3,10-13H2. The molecule has 140 valence electrons. The van der Waals surface area contributed by atoms with Crippen LogP contribution in [0.2, 0.25) is 0 Å². The summed E-state index contributed by atoms with van der Waals surface area (Å²) in [6.07, 6.45) is 0.454. The number of carbonyl (C=O) groups excluding carboxylic acids is 1. The van der Waals surface area contributed by atoms with Crippen molar-refractivity contribution in [1.82, 2.24) is 9.21 Å². The van der Waals surface area contributed by atoms with Crippen LogP contribution in [-0.4, -0.2) is 49.7 Å². The molecule has 0 spiro atoms. The van der Waals surface area contributed by atoms with E-state index in [-0.39, 0.29) is 30.1 Å². The van der Waals surface area contributed by atoms with Crippen LogP contribution in [0.3, 0.4) is 0 Å². The average molecular weight is 387 g/mol. The molecule has 1 amide bonds. The molecule has 1 aliphatic rings. The van der Waals surface area contributed by atoms with E-state index in [0.717, 1.165) is 0 Å². The third-order valence-corrected chi connectivity index (χ3v) is 6.38. The highest BCUT2D eigenvalue weighted by Gasteiger charge is 2.29. The third-order valence-electron chi connectivity index (χ3n) is 4.47. The van der Waals surface area contributed by atoms with Gasteiger partial charge in [-0.3, -0.25) is 4.79 Å². The van der Waals surface area contributed by atoms with E-state index in [9.17, 15) is 17.6 Å². The Morgan fingerprint density at radius 3 is 2.37 bits per heavy atom. The van der Waals surface area contributed by atoms with E-state index in [2.05, 4.69) is 0 Å². The summed E-state index contributed by atoms with van der Waals surface area (Å²) in [5.41, 5.74) is 0.368. The summed E-state index contributed by atoms with van der Waals surface area (Å²) in [6, 6.07) is 13.4.